The molecule has 9 nitrogen and oxygen atoms in total. The topological polar surface area (TPSA) is 132 Å². The number of urea groups is 1. The van der Waals surface area contributed by atoms with E-state index in [0.29, 0.717) is 23.1 Å². The summed E-state index contributed by atoms with van der Waals surface area (Å²) in [5.74, 6) is 1.18. The molecule has 1 heterocycles. The van der Waals surface area contributed by atoms with Gasteiger partial charge >= 0.3 is 12.0 Å². The van der Waals surface area contributed by atoms with Gasteiger partial charge in [0.2, 0.25) is 11.8 Å². The van der Waals surface area contributed by atoms with Gasteiger partial charge in [-0.3, -0.25) is 10.1 Å². The third kappa shape index (κ3) is 5.81. The predicted octanol–water partition coefficient (Wildman–Crippen LogP) is 3.83. The Kier molecular flexibility index (Phi) is 6.01. The Morgan fingerprint density at radius 1 is 1.03 bits per heavy atom. The summed E-state index contributed by atoms with van der Waals surface area (Å²) < 4.78 is 11.2. The number of carbonyl (C=O) groups is 2. The minimum Gasteiger partial charge on any atom is -0.457 e. The van der Waals surface area contributed by atoms with Crippen molar-refractivity contribution in [2.45, 2.75) is 32.6 Å². The van der Waals surface area contributed by atoms with E-state index in [4.69, 9.17) is 14.9 Å². The van der Waals surface area contributed by atoms with E-state index < -0.39 is 11.9 Å². The van der Waals surface area contributed by atoms with Crippen molar-refractivity contribution in [2.24, 2.45) is 5.73 Å². The molecule has 1 aromatic heterocycles. The molecule has 0 fully saturated rings. The van der Waals surface area contributed by atoms with Gasteiger partial charge in [0.05, 0.1) is 6.42 Å². The number of hydrogen-bond donors (Lipinski definition) is 3. The zero-order valence-corrected chi connectivity index (χ0v) is 16.9. The van der Waals surface area contributed by atoms with E-state index in [-0.39, 0.29) is 17.9 Å². The number of benzene rings is 2. The highest BCUT2D eigenvalue weighted by atomic mass is 16.5. The summed E-state index contributed by atoms with van der Waals surface area (Å²) in [7, 11) is 0. The van der Waals surface area contributed by atoms with Crippen molar-refractivity contribution < 1.29 is 18.7 Å². The second-order valence-electron chi connectivity index (χ2n) is 7.66. The Labute approximate surface area is 173 Å². The van der Waals surface area contributed by atoms with E-state index in [1.54, 1.807) is 48.5 Å². The lowest BCUT2D eigenvalue weighted by Crippen LogP contribution is -2.19. The largest absolute Gasteiger partial charge is 0.457 e. The van der Waals surface area contributed by atoms with E-state index in [2.05, 4.69) is 20.8 Å². The summed E-state index contributed by atoms with van der Waals surface area (Å²) in [6.07, 6.45) is 0.145. The quantitative estimate of drug-likeness (QED) is 0.567. The molecule has 0 unspecified atom stereocenters. The normalized spacial score (nSPS) is 11.0. The van der Waals surface area contributed by atoms with Gasteiger partial charge in [0, 0.05) is 11.1 Å². The molecule has 4 N–H and O–H groups in total. The summed E-state index contributed by atoms with van der Waals surface area (Å²) >= 11 is 0. The lowest BCUT2D eigenvalue weighted by molar-refractivity contribution is -0.117. The smallest absolute Gasteiger partial charge is 0.327 e. The molecule has 30 heavy (non-hydrogen) atoms. The van der Waals surface area contributed by atoms with E-state index in [1.165, 1.54) is 0 Å². The molecule has 0 spiro atoms. The van der Waals surface area contributed by atoms with Crippen LogP contribution < -0.4 is 21.1 Å². The molecule has 0 aliphatic heterocycles. The average Bonchev–Trinajstić information content (AvgIpc) is 3.12. The second kappa shape index (κ2) is 8.64. The summed E-state index contributed by atoms with van der Waals surface area (Å²) in [6.45, 7) is 5.80. The number of rotatable bonds is 6. The monoisotopic (exact) mass is 409 g/mol. The van der Waals surface area contributed by atoms with Crippen LogP contribution in [0, 0.1) is 0 Å². The Morgan fingerprint density at radius 2 is 1.77 bits per heavy atom. The first-order valence-corrected chi connectivity index (χ1v) is 9.26. The van der Waals surface area contributed by atoms with Crippen LogP contribution in [0.2, 0.25) is 0 Å². The van der Waals surface area contributed by atoms with Crippen molar-refractivity contribution in [3.8, 4) is 11.5 Å². The van der Waals surface area contributed by atoms with Crippen molar-refractivity contribution in [2.75, 3.05) is 10.6 Å². The number of carbonyl (C=O) groups excluding carboxylic acids is 2. The molecule has 156 valence electrons. The fraction of sp³-hybridized carbons (Fsp3) is 0.238. The Balaban J connectivity index is 1.57. The summed E-state index contributed by atoms with van der Waals surface area (Å²) in [6, 6.07) is 13.4. The highest BCUT2D eigenvalue weighted by molar-refractivity contribution is 5.98. The number of anilines is 2. The second-order valence-corrected chi connectivity index (χ2v) is 7.66. The van der Waals surface area contributed by atoms with Crippen molar-refractivity contribution >= 4 is 23.6 Å². The van der Waals surface area contributed by atoms with Gasteiger partial charge in [0.1, 0.15) is 11.5 Å². The molecule has 2 aromatic carbocycles. The Hall–Kier alpha value is -3.88. The van der Waals surface area contributed by atoms with Gasteiger partial charge in [0.25, 0.3) is 0 Å². The fourth-order valence-corrected chi connectivity index (χ4v) is 2.50. The van der Waals surface area contributed by atoms with Crippen LogP contribution in [-0.2, 0) is 16.6 Å². The highest BCUT2D eigenvalue weighted by Crippen LogP contribution is 2.25. The molecular formula is C21H23N5O4. The maximum absolute atomic E-state index is 12.1. The number of nitrogens with one attached hydrogen (secondary N) is 2. The van der Waals surface area contributed by atoms with Crippen LogP contribution in [0.3, 0.4) is 0 Å². The molecule has 9 heteroatoms. The minimum absolute atomic E-state index is 0.0215. The van der Waals surface area contributed by atoms with Crippen LogP contribution in [-0.4, -0.2) is 22.1 Å². The molecule has 0 aliphatic carbocycles. The van der Waals surface area contributed by atoms with Crippen LogP contribution in [0.15, 0.2) is 52.9 Å². The molecule has 0 saturated carbocycles. The Morgan fingerprint density at radius 3 is 2.40 bits per heavy atom. The number of primary amides is 1. The molecule has 3 amide bonds. The first kappa shape index (κ1) is 20.8. The number of ether oxygens (including phenoxy) is 1. The zero-order valence-electron chi connectivity index (χ0n) is 16.9. The zero-order chi connectivity index (χ0) is 21.7. The van der Waals surface area contributed by atoms with Gasteiger partial charge < -0.3 is 20.2 Å². The van der Waals surface area contributed by atoms with Crippen LogP contribution in [0.1, 0.15) is 32.2 Å². The van der Waals surface area contributed by atoms with Crippen LogP contribution in [0.4, 0.5) is 16.5 Å². The first-order valence-electron chi connectivity index (χ1n) is 9.26. The molecule has 0 radical (unpaired) electrons. The standard InChI is InChI=1S/C21H23N5O4/c1-21(2,3)18-25-26-20(30-18)24-19(28)23-14-7-9-15(10-8-14)29-16-6-4-5-13(11-16)12-17(22)27/h4-11H,12H2,1-3H3,(H2,22,27)(H2,23,24,26,28). The van der Waals surface area contributed by atoms with Crippen molar-refractivity contribution in [1.29, 1.82) is 0 Å². The van der Waals surface area contributed by atoms with Gasteiger partial charge in [-0.15, -0.1) is 5.10 Å². The lowest BCUT2D eigenvalue weighted by Gasteiger charge is -2.11. The number of amides is 3. The van der Waals surface area contributed by atoms with Crippen LogP contribution >= 0.6 is 0 Å². The van der Waals surface area contributed by atoms with Gasteiger partial charge in [-0.25, -0.2) is 4.79 Å². The van der Waals surface area contributed by atoms with Gasteiger partial charge in [0.15, 0.2) is 0 Å². The first-order chi connectivity index (χ1) is 14.2. The summed E-state index contributed by atoms with van der Waals surface area (Å²) in [5, 5.41) is 12.9. The molecule has 0 aliphatic rings. The van der Waals surface area contributed by atoms with Crippen molar-refractivity contribution in [3.63, 3.8) is 0 Å². The van der Waals surface area contributed by atoms with Gasteiger partial charge in [-0.1, -0.05) is 38.0 Å². The molecule has 3 rings (SSSR count). The predicted molar refractivity (Wildman–Crippen MR) is 111 cm³/mol. The molecule has 0 atom stereocenters. The third-order valence-corrected chi connectivity index (χ3v) is 3.91. The number of nitrogens with zero attached hydrogens (tertiary/aromatic N) is 2. The highest BCUT2D eigenvalue weighted by Gasteiger charge is 2.22. The summed E-state index contributed by atoms with van der Waals surface area (Å²) in [4.78, 5) is 23.2. The fourth-order valence-electron chi connectivity index (χ4n) is 2.50. The third-order valence-electron chi connectivity index (χ3n) is 3.91. The summed E-state index contributed by atoms with van der Waals surface area (Å²) in [5.41, 5.74) is 6.24. The van der Waals surface area contributed by atoms with Gasteiger partial charge in [-0.2, -0.15) is 0 Å². The average molecular weight is 409 g/mol. The van der Waals surface area contributed by atoms with Crippen LogP contribution in [0.25, 0.3) is 0 Å². The molecule has 3 aromatic rings. The van der Waals surface area contributed by atoms with Crippen LogP contribution in [0.5, 0.6) is 11.5 Å². The lowest BCUT2D eigenvalue weighted by atomic mass is 9.97. The molecular weight excluding hydrogens is 386 g/mol. The maximum atomic E-state index is 12.1. The SMILES string of the molecule is CC(C)(C)c1nnc(NC(=O)Nc2ccc(Oc3cccc(CC(N)=O)c3)cc2)o1. The maximum Gasteiger partial charge on any atom is 0.327 e. The van der Waals surface area contributed by atoms with Crippen molar-refractivity contribution in [3.05, 3.63) is 60.0 Å². The Bertz CT molecular complexity index is 1040. The number of nitrogens with two attached hydrogens (primary N) is 1. The number of aromatic nitrogens is 2. The minimum atomic E-state index is -0.507. The van der Waals surface area contributed by atoms with Crippen molar-refractivity contribution in [1.82, 2.24) is 10.2 Å². The molecule has 0 bridgehead atoms. The number of hydrogen-bond acceptors (Lipinski definition) is 6. The van der Waals surface area contributed by atoms with E-state index >= 15 is 0 Å². The molecule has 0 saturated heterocycles. The van der Waals surface area contributed by atoms with E-state index in [0.717, 1.165) is 5.56 Å². The van der Waals surface area contributed by atoms with E-state index in [1.807, 2.05) is 20.8 Å². The van der Waals surface area contributed by atoms with E-state index in [9.17, 15) is 9.59 Å². The van der Waals surface area contributed by atoms with Gasteiger partial charge in [-0.05, 0) is 42.0 Å².